The second-order valence-electron chi connectivity index (χ2n) is 8.50. The van der Waals surface area contributed by atoms with Gasteiger partial charge in [-0.15, -0.1) is 4.40 Å². The van der Waals surface area contributed by atoms with Gasteiger partial charge in [0, 0.05) is 35.8 Å². The summed E-state index contributed by atoms with van der Waals surface area (Å²) in [5, 5.41) is 8.10. The van der Waals surface area contributed by atoms with Crippen LogP contribution >= 0.6 is 11.6 Å². The van der Waals surface area contributed by atoms with Crippen molar-refractivity contribution in [1.82, 2.24) is 14.7 Å². The van der Waals surface area contributed by atoms with Gasteiger partial charge in [0.2, 0.25) is 5.91 Å². The fourth-order valence-corrected chi connectivity index (χ4v) is 5.12. The number of sulfonamides is 1. The van der Waals surface area contributed by atoms with E-state index in [4.69, 9.17) is 16.3 Å². The van der Waals surface area contributed by atoms with Gasteiger partial charge >= 0.3 is 0 Å². The van der Waals surface area contributed by atoms with Gasteiger partial charge in [0.05, 0.1) is 31.8 Å². The van der Waals surface area contributed by atoms with Crippen molar-refractivity contribution in [2.24, 2.45) is 4.40 Å². The summed E-state index contributed by atoms with van der Waals surface area (Å²) in [5.74, 6) is 0.335. The van der Waals surface area contributed by atoms with Crippen LogP contribution in [0.2, 0.25) is 5.02 Å². The first-order valence-corrected chi connectivity index (χ1v) is 13.1. The molecule has 1 aromatic heterocycles. The Bertz CT molecular complexity index is 1580. The molecule has 0 aliphatic heterocycles. The number of fused-ring (bicyclic) bond motifs is 1. The lowest BCUT2D eigenvalue weighted by Gasteiger charge is -2.12. The smallest absolute Gasteiger partial charge is 0.284 e. The molecule has 9 nitrogen and oxygen atoms in total. The molecule has 3 aromatic carbocycles. The van der Waals surface area contributed by atoms with Crippen molar-refractivity contribution < 1.29 is 17.9 Å². The van der Waals surface area contributed by atoms with Crippen LogP contribution in [0.4, 0.5) is 5.69 Å². The van der Waals surface area contributed by atoms with E-state index in [1.807, 2.05) is 24.3 Å². The molecule has 0 radical (unpaired) electrons. The number of halogens is 1. The number of ether oxygens (including phenoxy) is 1. The van der Waals surface area contributed by atoms with Crippen molar-refractivity contribution in [2.45, 2.75) is 17.9 Å². The van der Waals surface area contributed by atoms with E-state index in [1.165, 1.54) is 23.5 Å². The lowest BCUT2D eigenvalue weighted by molar-refractivity contribution is -0.115. The predicted molar refractivity (Wildman–Crippen MR) is 145 cm³/mol. The minimum Gasteiger partial charge on any atom is -0.496 e. The molecular formula is C26H26ClN5O4S. The molecule has 0 unspecified atom stereocenters. The van der Waals surface area contributed by atoms with Crippen molar-refractivity contribution >= 4 is 50.5 Å². The highest BCUT2D eigenvalue weighted by Gasteiger charge is 2.21. The van der Waals surface area contributed by atoms with Crippen LogP contribution in [0.25, 0.3) is 10.9 Å². The van der Waals surface area contributed by atoms with Gasteiger partial charge in [0.1, 0.15) is 17.0 Å². The van der Waals surface area contributed by atoms with Crippen LogP contribution in [-0.2, 0) is 27.8 Å². The molecule has 0 atom stereocenters. The van der Waals surface area contributed by atoms with Crippen LogP contribution in [0, 0.1) is 0 Å². The molecule has 11 heteroatoms. The number of hydrogen-bond donors (Lipinski definition) is 1. The molecule has 192 valence electrons. The molecule has 0 bridgehead atoms. The van der Waals surface area contributed by atoms with Crippen LogP contribution < -0.4 is 10.1 Å². The van der Waals surface area contributed by atoms with E-state index in [2.05, 4.69) is 14.8 Å². The molecule has 0 aliphatic rings. The summed E-state index contributed by atoms with van der Waals surface area (Å²) in [6.07, 6.45) is 2.72. The zero-order valence-corrected chi connectivity index (χ0v) is 22.1. The molecule has 0 saturated heterocycles. The second kappa shape index (κ2) is 11.0. The SMILES string of the molecule is COc1ccccc1Cn1ncc2c(S(=O)(=O)N=CN(C)C)cc(NC(=O)Cc3ccccc3Cl)cc21. The van der Waals surface area contributed by atoms with Crippen molar-refractivity contribution in [1.29, 1.82) is 0 Å². The number of carbonyl (C=O) groups excluding carboxylic acids is 1. The summed E-state index contributed by atoms with van der Waals surface area (Å²) < 4.78 is 37.3. The first-order chi connectivity index (χ1) is 17.7. The molecule has 0 aliphatic carbocycles. The first kappa shape index (κ1) is 26.2. The van der Waals surface area contributed by atoms with Crippen LogP contribution in [0.1, 0.15) is 11.1 Å². The number of hydrogen-bond acceptors (Lipinski definition) is 5. The topological polar surface area (TPSA) is 106 Å². The monoisotopic (exact) mass is 539 g/mol. The number of amides is 1. The molecule has 4 rings (SSSR count). The minimum atomic E-state index is -4.10. The predicted octanol–water partition coefficient (Wildman–Crippen LogP) is 4.21. The summed E-state index contributed by atoms with van der Waals surface area (Å²) in [7, 11) is 0.826. The number of methoxy groups -OCH3 is 1. The van der Waals surface area contributed by atoms with E-state index in [0.717, 1.165) is 5.56 Å². The number of aromatic nitrogens is 2. The second-order valence-corrected chi connectivity index (χ2v) is 10.5. The number of nitrogens with one attached hydrogen (secondary N) is 1. The van der Waals surface area contributed by atoms with Gasteiger partial charge in [-0.1, -0.05) is 48.0 Å². The molecule has 0 saturated carbocycles. The Morgan fingerprint density at radius 3 is 2.54 bits per heavy atom. The van der Waals surface area contributed by atoms with Gasteiger partial charge < -0.3 is 15.0 Å². The van der Waals surface area contributed by atoms with Crippen LogP contribution in [0.5, 0.6) is 5.75 Å². The molecule has 1 heterocycles. The lowest BCUT2D eigenvalue weighted by Crippen LogP contribution is -2.15. The van der Waals surface area contributed by atoms with E-state index < -0.39 is 10.0 Å². The maximum absolute atomic E-state index is 13.2. The maximum atomic E-state index is 13.2. The number of carbonyl (C=O) groups is 1. The summed E-state index contributed by atoms with van der Waals surface area (Å²) >= 11 is 6.20. The normalized spacial score (nSPS) is 11.7. The van der Waals surface area contributed by atoms with E-state index in [1.54, 1.807) is 56.2 Å². The number of benzene rings is 3. The number of rotatable bonds is 9. The van der Waals surface area contributed by atoms with Gasteiger partial charge in [0.15, 0.2) is 0 Å². The third kappa shape index (κ3) is 6.10. The standard InChI is InChI=1S/C26H26ClN5O4S/c1-31(2)17-29-37(34,35)25-14-20(30-26(33)12-18-8-4-6-10-22(18)27)13-23-21(25)15-28-32(23)16-19-9-5-7-11-24(19)36-3/h4-11,13-15,17H,12,16H2,1-3H3,(H,30,33). The fraction of sp³-hybridized carbons (Fsp3) is 0.192. The lowest BCUT2D eigenvalue weighted by atomic mass is 10.1. The molecule has 0 spiro atoms. The highest BCUT2D eigenvalue weighted by atomic mass is 35.5. The Hall–Kier alpha value is -3.89. The Labute approximate surface area is 220 Å². The maximum Gasteiger partial charge on any atom is 0.284 e. The summed E-state index contributed by atoms with van der Waals surface area (Å²) in [4.78, 5) is 14.3. The Kier molecular flexibility index (Phi) is 7.80. The molecule has 1 amide bonds. The number of para-hydroxylation sites is 1. The van der Waals surface area contributed by atoms with Crippen molar-refractivity contribution in [3.63, 3.8) is 0 Å². The number of nitrogens with zero attached hydrogens (tertiary/aromatic N) is 4. The minimum absolute atomic E-state index is 0.0268. The van der Waals surface area contributed by atoms with Crippen LogP contribution in [0.15, 0.2) is 76.2 Å². The van der Waals surface area contributed by atoms with E-state index in [0.29, 0.717) is 39.5 Å². The average molecular weight is 540 g/mol. The van der Waals surface area contributed by atoms with Gasteiger partial charge in [-0.05, 0) is 29.8 Å². The van der Waals surface area contributed by atoms with Crippen LogP contribution in [-0.4, -0.2) is 56.5 Å². The molecule has 4 aromatic rings. The van der Waals surface area contributed by atoms with Gasteiger partial charge in [-0.2, -0.15) is 13.5 Å². The van der Waals surface area contributed by atoms with Crippen molar-refractivity contribution in [2.75, 3.05) is 26.5 Å². The quantitative estimate of drug-likeness (QED) is 0.252. The molecule has 0 fully saturated rings. The Balaban J connectivity index is 1.77. The van der Waals surface area contributed by atoms with E-state index in [9.17, 15) is 13.2 Å². The summed E-state index contributed by atoms with van der Waals surface area (Å²) in [5.41, 5.74) is 2.33. The molecule has 37 heavy (non-hydrogen) atoms. The average Bonchev–Trinajstić information content (AvgIpc) is 3.26. The van der Waals surface area contributed by atoms with Crippen molar-refractivity contribution in [3.8, 4) is 5.75 Å². The van der Waals surface area contributed by atoms with E-state index in [-0.39, 0.29) is 17.2 Å². The molecule has 1 N–H and O–H groups in total. The summed E-state index contributed by atoms with van der Waals surface area (Å²) in [6.45, 7) is 0.324. The Morgan fingerprint density at radius 1 is 1.14 bits per heavy atom. The van der Waals surface area contributed by atoms with Crippen molar-refractivity contribution in [3.05, 3.63) is 83.0 Å². The Morgan fingerprint density at radius 2 is 1.84 bits per heavy atom. The van der Waals surface area contributed by atoms with Gasteiger partial charge in [-0.3, -0.25) is 9.48 Å². The summed E-state index contributed by atoms with van der Waals surface area (Å²) in [6, 6.07) is 17.6. The van der Waals surface area contributed by atoms with E-state index >= 15 is 0 Å². The zero-order valence-electron chi connectivity index (χ0n) is 20.6. The fourth-order valence-electron chi connectivity index (χ4n) is 3.78. The largest absolute Gasteiger partial charge is 0.496 e. The third-order valence-corrected chi connectivity index (χ3v) is 7.16. The van der Waals surface area contributed by atoms with Gasteiger partial charge in [0.25, 0.3) is 10.0 Å². The first-order valence-electron chi connectivity index (χ1n) is 11.3. The molecular weight excluding hydrogens is 514 g/mol. The third-order valence-electron chi connectivity index (χ3n) is 5.52. The number of anilines is 1. The zero-order chi connectivity index (χ0) is 26.6. The highest BCUT2D eigenvalue weighted by molar-refractivity contribution is 7.90. The van der Waals surface area contributed by atoms with Gasteiger partial charge in [-0.25, -0.2) is 0 Å². The highest BCUT2D eigenvalue weighted by Crippen LogP contribution is 2.30. The van der Waals surface area contributed by atoms with Crippen LogP contribution in [0.3, 0.4) is 0 Å².